The zero-order chi connectivity index (χ0) is 14.7. The summed E-state index contributed by atoms with van der Waals surface area (Å²) in [4.78, 5) is 4.34. The molecule has 1 aromatic carbocycles. The second-order valence-electron chi connectivity index (χ2n) is 5.54. The van der Waals surface area contributed by atoms with Gasteiger partial charge in [0.05, 0.1) is 0 Å². The summed E-state index contributed by atoms with van der Waals surface area (Å²) in [5.74, 6) is 1.48. The first-order valence-corrected chi connectivity index (χ1v) is 7.65. The van der Waals surface area contributed by atoms with E-state index in [4.69, 9.17) is 5.73 Å². The van der Waals surface area contributed by atoms with E-state index in [1.165, 1.54) is 5.56 Å². The van der Waals surface area contributed by atoms with Gasteiger partial charge in [-0.15, -0.1) is 0 Å². The third-order valence-electron chi connectivity index (χ3n) is 3.26. The zero-order valence-electron chi connectivity index (χ0n) is 12.2. The van der Waals surface area contributed by atoms with Crippen molar-refractivity contribution >= 4 is 15.9 Å². The van der Waals surface area contributed by atoms with Crippen LogP contribution in [0.5, 0.6) is 0 Å². The van der Waals surface area contributed by atoms with E-state index in [2.05, 4.69) is 58.9 Å². The summed E-state index contributed by atoms with van der Waals surface area (Å²) in [5, 5.41) is 4.28. The average molecular weight is 337 g/mol. The topological polar surface area (TPSA) is 56.7 Å². The predicted octanol–water partition coefficient (Wildman–Crippen LogP) is 3.25. The van der Waals surface area contributed by atoms with Crippen molar-refractivity contribution in [1.82, 2.24) is 14.8 Å². The van der Waals surface area contributed by atoms with Crippen molar-refractivity contribution in [3.05, 3.63) is 46.0 Å². The van der Waals surface area contributed by atoms with Crippen LogP contribution >= 0.6 is 15.9 Å². The number of aromatic nitrogens is 3. The summed E-state index contributed by atoms with van der Waals surface area (Å²) in [6.07, 6.45) is 2.30. The number of halogens is 1. The number of benzene rings is 1. The molecule has 1 atom stereocenters. The highest BCUT2D eigenvalue weighted by Crippen LogP contribution is 2.27. The van der Waals surface area contributed by atoms with Crippen molar-refractivity contribution in [2.75, 3.05) is 0 Å². The minimum absolute atomic E-state index is 0.0839. The second kappa shape index (κ2) is 6.50. The molecule has 1 aromatic heterocycles. The number of nitrogens with two attached hydrogens (primary N) is 1. The van der Waals surface area contributed by atoms with Gasteiger partial charge < -0.3 is 5.73 Å². The molecule has 0 aliphatic carbocycles. The monoisotopic (exact) mass is 336 g/mol. The molecule has 0 aliphatic heterocycles. The molecular formula is C15H21BrN4. The molecule has 0 amide bonds. The van der Waals surface area contributed by atoms with Gasteiger partial charge in [0, 0.05) is 23.5 Å². The molecule has 1 heterocycles. The number of hydrogen-bond donors (Lipinski definition) is 1. The highest BCUT2D eigenvalue weighted by molar-refractivity contribution is 9.10. The highest BCUT2D eigenvalue weighted by atomic mass is 79.9. The Morgan fingerprint density at radius 1 is 1.35 bits per heavy atom. The van der Waals surface area contributed by atoms with Gasteiger partial charge in [0.1, 0.15) is 12.2 Å². The third kappa shape index (κ3) is 3.46. The van der Waals surface area contributed by atoms with E-state index in [1.807, 2.05) is 10.7 Å². The molecule has 5 heteroatoms. The lowest BCUT2D eigenvalue weighted by molar-refractivity contribution is 0.459. The molecule has 2 rings (SSSR count). The maximum Gasteiger partial charge on any atom is 0.138 e. The molecular weight excluding hydrogens is 316 g/mol. The van der Waals surface area contributed by atoms with E-state index in [9.17, 15) is 0 Å². The molecule has 0 saturated heterocycles. The number of aryl methyl sites for hydroxylation is 1. The summed E-state index contributed by atoms with van der Waals surface area (Å²) in [5.41, 5.74) is 8.66. The van der Waals surface area contributed by atoms with Gasteiger partial charge in [-0.1, -0.05) is 48.0 Å². The summed E-state index contributed by atoms with van der Waals surface area (Å²) < 4.78 is 3.04. The Bertz CT molecular complexity index is 577. The lowest BCUT2D eigenvalue weighted by atomic mass is 10.0. The van der Waals surface area contributed by atoms with Gasteiger partial charge in [0.15, 0.2) is 0 Å². The molecule has 0 fully saturated rings. The molecule has 20 heavy (non-hydrogen) atoms. The van der Waals surface area contributed by atoms with Crippen LogP contribution in [0.3, 0.4) is 0 Å². The van der Waals surface area contributed by atoms with Crippen molar-refractivity contribution in [3.8, 4) is 0 Å². The fraction of sp³-hybridized carbons (Fsp3) is 0.467. The van der Waals surface area contributed by atoms with Crippen LogP contribution in [0.1, 0.15) is 36.8 Å². The molecule has 2 N–H and O–H groups in total. The van der Waals surface area contributed by atoms with E-state index >= 15 is 0 Å². The minimum Gasteiger partial charge on any atom is -0.324 e. The lowest BCUT2D eigenvalue weighted by Gasteiger charge is -2.16. The van der Waals surface area contributed by atoms with Crippen LogP contribution in [0.2, 0.25) is 0 Å². The van der Waals surface area contributed by atoms with Crippen molar-refractivity contribution in [2.45, 2.75) is 39.8 Å². The smallest absolute Gasteiger partial charge is 0.138 e. The molecule has 0 bridgehead atoms. The third-order valence-corrected chi connectivity index (χ3v) is 4.34. The first-order valence-electron chi connectivity index (χ1n) is 6.86. The maximum atomic E-state index is 6.34. The first kappa shape index (κ1) is 15.2. The van der Waals surface area contributed by atoms with Gasteiger partial charge in [-0.2, -0.15) is 5.10 Å². The van der Waals surface area contributed by atoms with Crippen molar-refractivity contribution < 1.29 is 0 Å². The van der Waals surface area contributed by atoms with Gasteiger partial charge in [0.2, 0.25) is 0 Å². The highest BCUT2D eigenvalue weighted by Gasteiger charge is 2.15. The molecule has 0 saturated carbocycles. The van der Waals surface area contributed by atoms with Crippen molar-refractivity contribution in [1.29, 1.82) is 0 Å². The van der Waals surface area contributed by atoms with Crippen LogP contribution in [-0.2, 0) is 13.0 Å². The van der Waals surface area contributed by atoms with Gasteiger partial charge in [-0.05, 0) is 24.0 Å². The summed E-state index contributed by atoms with van der Waals surface area (Å²) in [7, 11) is 0. The van der Waals surface area contributed by atoms with Gasteiger partial charge in [-0.3, -0.25) is 0 Å². The predicted molar refractivity (Wildman–Crippen MR) is 84.4 cm³/mol. The van der Waals surface area contributed by atoms with E-state index in [1.54, 1.807) is 6.33 Å². The van der Waals surface area contributed by atoms with E-state index in [-0.39, 0.29) is 6.04 Å². The van der Waals surface area contributed by atoms with Crippen LogP contribution in [0.25, 0.3) is 0 Å². The molecule has 0 spiro atoms. The van der Waals surface area contributed by atoms with Crippen molar-refractivity contribution in [2.24, 2.45) is 11.7 Å². The number of hydrogen-bond acceptors (Lipinski definition) is 3. The number of nitrogens with zero attached hydrogens (tertiary/aromatic N) is 3. The summed E-state index contributed by atoms with van der Waals surface area (Å²) >= 11 is 3.62. The van der Waals surface area contributed by atoms with Crippen LogP contribution in [0.15, 0.2) is 29.0 Å². The maximum absolute atomic E-state index is 6.34. The fourth-order valence-electron chi connectivity index (χ4n) is 2.21. The largest absolute Gasteiger partial charge is 0.324 e. The second-order valence-corrected chi connectivity index (χ2v) is 6.33. The Hall–Kier alpha value is -1.20. The Labute approximate surface area is 128 Å². The standard InChI is InChI=1S/C15H21BrN4/c1-10(2)8-20-14(18-9-19-20)7-13(17)12-6-4-5-11(3)15(12)16/h4-6,9-10,13H,7-8,17H2,1-3H3. The zero-order valence-corrected chi connectivity index (χ0v) is 13.8. The summed E-state index contributed by atoms with van der Waals surface area (Å²) in [6, 6.07) is 6.08. The van der Waals surface area contributed by atoms with E-state index < -0.39 is 0 Å². The van der Waals surface area contributed by atoms with Gasteiger partial charge in [-0.25, -0.2) is 9.67 Å². The van der Waals surface area contributed by atoms with Crippen LogP contribution < -0.4 is 5.73 Å². The normalized spacial score (nSPS) is 12.9. The Morgan fingerprint density at radius 3 is 2.80 bits per heavy atom. The molecule has 4 nitrogen and oxygen atoms in total. The Balaban J connectivity index is 2.17. The lowest BCUT2D eigenvalue weighted by Crippen LogP contribution is -2.19. The first-order chi connectivity index (χ1) is 9.49. The Morgan fingerprint density at radius 2 is 2.10 bits per heavy atom. The molecule has 0 radical (unpaired) electrons. The molecule has 108 valence electrons. The van der Waals surface area contributed by atoms with Crippen molar-refractivity contribution in [3.63, 3.8) is 0 Å². The molecule has 2 aromatic rings. The Kier molecular flexibility index (Phi) is 4.94. The average Bonchev–Trinajstić information content (AvgIpc) is 2.79. The summed E-state index contributed by atoms with van der Waals surface area (Å²) in [6.45, 7) is 7.28. The fourth-order valence-corrected chi connectivity index (χ4v) is 2.77. The molecule has 0 aliphatic rings. The van der Waals surface area contributed by atoms with Gasteiger partial charge in [0.25, 0.3) is 0 Å². The molecule has 1 unspecified atom stereocenters. The number of rotatable bonds is 5. The van der Waals surface area contributed by atoms with Crippen LogP contribution in [0, 0.1) is 12.8 Å². The van der Waals surface area contributed by atoms with Gasteiger partial charge >= 0.3 is 0 Å². The SMILES string of the molecule is Cc1cccc(C(N)Cc2ncnn2CC(C)C)c1Br. The van der Waals surface area contributed by atoms with Crippen LogP contribution in [0.4, 0.5) is 0 Å². The van der Waals surface area contributed by atoms with E-state index in [0.717, 1.165) is 22.4 Å². The minimum atomic E-state index is -0.0839. The van der Waals surface area contributed by atoms with Crippen LogP contribution in [-0.4, -0.2) is 14.8 Å². The van der Waals surface area contributed by atoms with E-state index in [0.29, 0.717) is 12.3 Å². The quantitative estimate of drug-likeness (QED) is 0.911.